The first-order valence-electron chi connectivity index (χ1n) is 9.08. The topological polar surface area (TPSA) is 32.8 Å². The number of hydrogen-bond donors (Lipinski definition) is 0. The third kappa shape index (κ3) is 4.14. The summed E-state index contributed by atoms with van der Waals surface area (Å²) in [6.07, 6.45) is 5.92. The molecule has 1 amide bonds. The molecule has 136 valence electrons. The SMILES string of the molecule is C=CCCC(=O)N1CCC2(CC1)CC(CN1CCC(F)(F)CC1)O2. The maximum atomic E-state index is 13.2. The number of hydrogen-bond acceptors (Lipinski definition) is 3. The molecule has 0 aliphatic carbocycles. The number of carbonyl (C=O) groups excluding carboxylic acids is 1. The molecule has 3 rings (SSSR count). The highest BCUT2D eigenvalue weighted by Crippen LogP contribution is 2.42. The van der Waals surface area contributed by atoms with Gasteiger partial charge < -0.3 is 14.5 Å². The first-order valence-corrected chi connectivity index (χ1v) is 9.08. The van der Waals surface area contributed by atoms with Gasteiger partial charge in [-0.15, -0.1) is 6.58 Å². The molecule has 3 fully saturated rings. The van der Waals surface area contributed by atoms with Gasteiger partial charge in [0.05, 0.1) is 11.7 Å². The molecular formula is C18H28F2N2O2. The van der Waals surface area contributed by atoms with Crippen molar-refractivity contribution in [2.75, 3.05) is 32.7 Å². The molecule has 0 bridgehead atoms. The van der Waals surface area contributed by atoms with Crippen molar-refractivity contribution < 1.29 is 18.3 Å². The van der Waals surface area contributed by atoms with E-state index in [0.717, 1.165) is 45.3 Å². The Hall–Kier alpha value is -1.01. The first-order chi connectivity index (χ1) is 11.4. The quantitative estimate of drug-likeness (QED) is 0.720. The highest BCUT2D eigenvalue weighted by Gasteiger charge is 2.48. The van der Waals surface area contributed by atoms with Gasteiger partial charge in [-0.3, -0.25) is 4.79 Å². The molecule has 1 unspecified atom stereocenters. The standard InChI is InChI=1S/C18H28F2N2O2/c1-2-3-4-16(23)22-11-5-17(6-12-22)13-15(24-17)14-21-9-7-18(19,20)8-10-21/h2,15H,1,3-14H2. The van der Waals surface area contributed by atoms with Crippen LogP contribution < -0.4 is 0 Å². The number of alkyl halides is 2. The van der Waals surface area contributed by atoms with Crippen molar-refractivity contribution in [1.82, 2.24) is 9.80 Å². The molecule has 0 saturated carbocycles. The Bertz CT molecular complexity index is 458. The molecule has 0 aromatic rings. The zero-order valence-corrected chi connectivity index (χ0v) is 14.3. The number of halogens is 2. The Morgan fingerprint density at radius 3 is 2.38 bits per heavy atom. The van der Waals surface area contributed by atoms with Crippen LogP contribution in [0.4, 0.5) is 8.78 Å². The third-order valence-electron chi connectivity index (χ3n) is 5.66. The molecule has 0 aromatic heterocycles. The van der Waals surface area contributed by atoms with Crippen LogP contribution in [0.2, 0.25) is 0 Å². The van der Waals surface area contributed by atoms with Crippen LogP contribution in [0.5, 0.6) is 0 Å². The van der Waals surface area contributed by atoms with E-state index in [1.165, 1.54) is 0 Å². The van der Waals surface area contributed by atoms with Crippen LogP contribution in [0.25, 0.3) is 0 Å². The van der Waals surface area contributed by atoms with Crippen molar-refractivity contribution in [1.29, 1.82) is 0 Å². The summed E-state index contributed by atoms with van der Waals surface area (Å²) in [5.41, 5.74) is -0.0698. The summed E-state index contributed by atoms with van der Waals surface area (Å²) in [4.78, 5) is 16.1. The predicted molar refractivity (Wildman–Crippen MR) is 88.1 cm³/mol. The van der Waals surface area contributed by atoms with E-state index in [0.29, 0.717) is 19.5 Å². The van der Waals surface area contributed by atoms with E-state index >= 15 is 0 Å². The number of ether oxygens (including phenoxy) is 1. The molecule has 3 aliphatic rings. The lowest BCUT2D eigenvalue weighted by Crippen LogP contribution is -2.60. The molecule has 0 aromatic carbocycles. The largest absolute Gasteiger partial charge is 0.370 e. The van der Waals surface area contributed by atoms with Gasteiger partial charge in [0, 0.05) is 58.4 Å². The fraction of sp³-hybridized carbons (Fsp3) is 0.833. The minimum atomic E-state index is -2.48. The molecule has 0 N–H and O–H groups in total. The van der Waals surface area contributed by atoms with Gasteiger partial charge in [0.25, 0.3) is 5.92 Å². The van der Waals surface area contributed by atoms with E-state index in [9.17, 15) is 13.6 Å². The van der Waals surface area contributed by atoms with Gasteiger partial charge in [-0.1, -0.05) is 6.08 Å². The summed E-state index contributed by atoms with van der Waals surface area (Å²) < 4.78 is 32.5. The van der Waals surface area contributed by atoms with Crippen molar-refractivity contribution in [3.05, 3.63) is 12.7 Å². The number of allylic oxidation sites excluding steroid dienone is 1. The van der Waals surface area contributed by atoms with Gasteiger partial charge >= 0.3 is 0 Å². The first kappa shape index (κ1) is 17.8. The number of carbonyl (C=O) groups is 1. The van der Waals surface area contributed by atoms with E-state index in [2.05, 4.69) is 11.5 Å². The highest BCUT2D eigenvalue weighted by atomic mass is 19.3. The smallest absolute Gasteiger partial charge is 0.250 e. The van der Waals surface area contributed by atoms with Crippen LogP contribution in [-0.2, 0) is 9.53 Å². The van der Waals surface area contributed by atoms with Crippen LogP contribution in [0.15, 0.2) is 12.7 Å². The molecule has 1 atom stereocenters. The molecule has 24 heavy (non-hydrogen) atoms. The Kier molecular flexibility index (Phi) is 5.25. The van der Waals surface area contributed by atoms with Gasteiger partial charge in [0.2, 0.25) is 5.91 Å². The van der Waals surface area contributed by atoms with E-state index in [1.807, 2.05) is 4.90 Å². The van der Waals surface area contributed by atoms with E-state index in [1.54, 1.807) is 6.08 Å². The van der Waals surface area contributed by atoms with Crippen molar-refractivity contribution >= 4 is 5.91 Å². The van der Waals surface area contributed by atoms with Crippen molar-refractivity contribution in [2.45, 2.75) is 62.6 Å². The summed E-state index contributed by atoms with van der Waals surface area (Å²) >= 11 is 0. The normalized spacial score (nSPS) is 29.2. The predicted octanol–water partition coefficient (Wildman–Crippen LogP) is 2.83. The Morgan fingerprint density at radius 1 is 1.17 bits per heavy atom. The zero-order chi connectivity index (χ0) is 17.2. The number of amides is 1. The van der Waals surface area contributed by atoms with E-state index in [-0.39, 0.29) is 30.5 Å². The zero-order valence-electron chi connectivity index (χ0n) is 14.3. The lowest BCUT2D eigenvalue weighted by molar-refractivity contribution is -0.231. The van der Waals surface area contributed by atoms with Crippen molar-refractivity contribution in [2.24, 2.45) is 0 Å². The monoisotopic (exact) mass is 342 g/mol. The number of likely N-dealkylation sites (tertiary alicyclic amines) is 2. The maximum absolute atomic E-state index is 13.2. The molecular weight excluding hydrogens is 314 g/mol. The second-order valence-corrected chi connectivity index (χ2v) is 7.49. The molecule has 3 saturated heterocycles. The minimum Gasteiger partial charge on any atom is -0.370 e. The van der Waals surface area contributed by atoms with Gasteiger partial charge in [0.15, 0.2) is 0 Å². The van der Waals surface area contributed by atoms with Crippen LogP contribution in [0.3, 0.4) is 0 Å². The average Bonchev–Trinajstić information content (AvgIpc) is 2.53. The summed E-state index contributed by atoms with van der Waals surface area (Å²) in [5.74, 6) is -2.28. The fourth-order valence-electron chi connectivity index (χ4n) is 4.08. The maximum Gasteiger partial charge on any atom is 0.250 e. The summed E-state index contributed by atoms with van der Waals surface area (Å²) in [6, 6.07) is 0. The molecule has 3 heterocycles. The Morgan fingerprint density at radius 2 is 1.79 bits per heavy atom. The van der Waals surface area contributed by atoms with Crippen molar-refractivity contribution in [3.8, 4) is 0 Å². The van der Waals surface area contributed by atoms with Crippen LogP contribution in [-0.4, -0.2) is 66.1 Å². The minimum absolute atomic E-state index is 0.0351. The fourth-order valence-corrected chi connectivity index (χ4v) is 4.08. The lowest BCUT2D eigenvalue weighted by Gasteiger charge is -2.53. The summed E-state index contributed by atoms with van der Waals surface area (Å²) in [6.45, 7) is 6.87. The third-order valence-corrected chi connectivity index (χ3v) is 5.66. The molecule has 4 nitrogen and oxygen atoms in total. The Balaban J connectivity index is 1.36. The van der Waals surface area contributed by atoms with Gasteiger partial charge in [0.1, 0.15) is 0 Å². The van der Waals surface area contributed by atoms with Gasteiger partial charge in [-0.25, -0.2) is 8.78 Å². The molecule has 0 radical (unpaired) electrons. The highest BCUT2D eigenvalue weighted by molar-refractivity contribution is 5.76. The number of rotatable bonds is 5. The lowest BCUT2D eigenvalue weighted by atomic mass is 9.80. The summed E-state index contributed by atoms with van der Waals surface area (Å²) in [7, 11) is 0. The molecule has 3 aliphatic heterocycles. The van der Waals surface area contributed by atoms with Crippen LogP contribution in [0, 0.1) is 0 Å². The molecule has 6 heteroatoms. The van der Waals surface area contributed by atoms with Crippen LogP contribution in [0.1, 0.15) is 44.9 Å². The second kappa shape index (κ2) is 7.08. The Labute approximate surface area is 142 Å². The average molecular weight is 342 g/mol. The van der Waals surface area contributed by atoms with Gasteiger partial charge in [-0.2, -0.15) is 0 Å². The summed E-state index contributed by atoms with van der Waals surface area (Å²) in [5, 5.41) is 0. The van der Waals surface area contributed by atoms with Crippen LogP contribution >= 0.6 is 0 Å². The number of piperidine rings is 2. The number of nitrogens with zero attached hydrogens (tertiary/aromatic N) is 2. The molecule has 1 spiro atoms. The van der Waals surface area contributed by atoms with E-state index < -0.39 is 5.92 Å². The van der Waals surface area contributed by atoms with Gasteiger partial charge in [-0.05, 0) is 19.3 Å². The van der Waals surface area contributed by atoms with E-state index in [4.69, 9.17) is 4.74 Å². The van der Waals surface area contributed by atoms with Crippen molar-refractivity contribution in [3.63, 3.8) is 0 Å². The second-order valence-electron chi connectivity index (χ2n) is 7.49.